The first-order valence-electron chi connectivity index (χ1n) is 9.80. The van der Waals surface area contributed by atoms with Gasteiger partial charge in [-0.05, 0) is 63.2 Å². The minimum Gasteiger partial charge on any atom is -0.497 e. The molecule has 1 heterocycles. The Labute approximate surface area is 166 Å². The average molecular weight is 388 g/mol. The predicted molar refractivity (Wildman–Crippen MR) is 112 cm³/mol. The fraction of sp³-hybridized carbons (Fsp3) is 0.524. The van der Waals surface area contributed by atoms with E-state index in [2.05, 4.69) is 18.7 Å². The molecule has 0 atom stereocenters. The fourth-order valence-corrected chi connectivity index (χ4v) is 3.99. The quantitative estimate of drug-likeness (QED) is 0.610. The molecule has 0 unspecified atom stereocenters. The molecule has 1 aliphatic rings. The van der Waals surface area contributed by atoms with E-state index in [4.69, 9.17) is 9.72 Å². The maximum atomic E-state index is 12.8. The molecule has 0 bridgehead atoms. The number of thiazole rings is 1. The minimum atomic E-state index is 0.201. The lowest BCUT2D eigenvalue weighted by atomic mass is 10.2. The molecule has 1 amide bonds. The molecule has 0 radical (unpaired) electrons. The monoisotopic (exact) mass is 387 g/mol. The number of amides is 1. The summed E-state index contributed by atoms with van der Waals surface area (Å²) in [4.78, 5) is 21.9. The van der Waals surface area contributed by atoms with Gasteiger partial charge in [-0.2, -0.15) is 0 Å². The summed E-state index contributed by atoms with van der Waals surface area (Å²) < 4.78 is 5.22. The van der Waals surface area contributed by atoms with Crippen molar-refractivity contribution in [1.29, 1.82) is 0 Å². The van der Waals surface area contributed by atoms with E-state index in [1.54, 1.807) is 18.4 Å². The molecule has 0 aliphatic heterocycles. The molecule has 5 nitrogen and oxygen atoms in total. The smallest absolute Gasteiger partial charge is 0.231 e. The van der Waals surface area contributed by atoms with Gasteiger partial charge in [0.15, 0.2) is 5.13 Å². The van der Waals surface area contributed by atoms with E-state index in [-0.39, 0.29) is 11.8 Å². The van der Waals surface area contributed by atoms with Crippen molar-refractivity contribution in [3.8, 4) is 17.0 Å². The van der Waals surface area contributed by atoms with Gasteiger partial charge in [-0.3, -0.25) is 9.69 Å². The molecule has 1 aliphatic carbocycles. The molecule has 0 spiro atoms. The average Bonchev–Trinajstić information content (AvgIpc) is 3.45. The van der Waals surface area contributed by atoms with Gasteiger partial charge < -0.3 is 9.64 Å². The SMILES string of the molecule is CCN(CC)CCCN(C(=O)C1CC1)c1nc(-c2ccc(OC)cc2)cs1. The number of carbonyl (C=O) groups excluding carboxylic acids is 1. The molecular weight excluding hydrogens is 358 g/mol. The van der Waals surface area contributed by atoms with E-state index < -0.39 is 0 Å². The third kappa shape index (κ3) is 5.08. The number of hydrogen-bond donors (Lipinski definition) is 0. The van der Waals surface area contributed by atoms with Crippen LogP contribution in [-0.4, -0.2) is 49.1 Å². The molecule has 146 valence electrons. The molecule has 2 aromatic rings. The predicted octanol–water partition coefficient (Wildman–Crippen LogP) is 4.29. The van der Waals surface area contributed by atoms with Gasteiger partial charge in [0.05, 0.1) is 12.8 Å². The summed E-state index contributed by atoms with van der Waals surface area (Å²) in [5.74, 6) is 1.27. The Morgan fingerprint density at radius 3 is 2.48 bits per heavy atom. The molecule has 1 saturated carbocycles. The van der Waals surface area contributed by atoms with Crippen LogP contribution in [0.3, 0.4) is 0 Å². The second-order valence-corrected chi connectivity index (χ2v) is 7.72. The lowest BCUT2D eigenvalue weighted by molar-refractivity contribution is -0.119. The minimum absolute atomic E-state index is 0.201. The number of anilines is 1. The molecular formula is C21H29N3O2S. The second kappa shape index (κ2) is 9.33. The lowest BCUT2D eigenvalue weighted by Crippen LogP contribution is -2.35. The van der Waals surface area contributed by atoms with Crippen molar-refractivity contribution in [1.82, 2.24) is 9.88 Å². The Morgan fingerprint density at radius 1 is 1.19 bits per heavy atom. The van der Waals surface area contributed by atoms with Crippen molar-refractivity contribution >= 4 is 22.4 Å². The van der Waals surface area contributed by atoms with Gasteiger partial charge in [0, 0.05) is 23.4 Å². The second-order valence-electron chi connectivity index (χ2n) is 6.89. The number of rotatable bonds is 10. The lowest BCUT2D eigenvalue weighted by Gasteiger charge is -2.23. The summed E-state index contributed by atoms with van der Waals surface area (Å²) in [6, 6.07) is 7.88. The fourth-order valence-electron chi connectivity index (χ4n) is 3.13. The summed E-state index contributed by atoms with van der Waals surface area (Å²) in [6.07, 6.45) is 3.00. The van der Waals surface area contributed by atoms with Crippen molar-refractivity contribution < 1.29 is 9.53 Å². The van der Waals surface area contributed by atoms with E-state index in [0.717, 1.165) is 67.6 Å². The highest BCUT2D eigenvalue weighted by atomic mass is 32.1. The Bertz CT molecular complexity index is 736. The number of methoxy groups -OCH3 is 1. The number of nitrogens with zero attached hydrogens (tertiary/aromatic N) is 3. The highest BCUT2D eigenvalue weighted by Gasteiger charge is 2.35. The van der Waals surface area contributed by atoms with Gasteiger partial charge in [0.2, 0.25) is 5.91 Å². The highest BCUT2D eigenvalue weighted by molar-refractivity contribution is 7.14. The molecule has 27 heavy (non-hydrogen) atoms. The summed E-state index contributed by atoms with van der Waals surface area (Å²) in [6.45, 7) is 8.20. The van der Waals surface area contributed by atoms with Gasteiger partial charge in [-0.1, -0.05) is 13.8 Å². The van der Waals surface area contributed by atoms with E-state index in [9.17, 15) is 4.79 Å². The molecule has 6 heteroatoms. The number of aromatic nitrogens is 1. The van der Waals surface area contributed by atoms with Gasteiger partial charge in [-0.15, -0.1) is 11.3 Å². The number of carbonyl (C=O) groups is 1. The van der Waals surface area contributed by atoms with E-state index in [0.29, 0.717) is 0 Å². The first-order valence-corrected chi connectivity index (χ1v) is 10.7. The van der Waals surface area contributed by atoms with Crippen LogP contribution in [0.15, 0.2) is 29.6 Å². The van der Waals surface area contributed by atoms with Crippen molar-refractivity contribution in [3.05, 3.63) is 29.6 Å². The molecule has 0 N–H and O–H groups in total. The van der Waals surface area contributed by atoms with Crippen LogP contribution in [0.25, 0.3) is 11.3 Å². The first-order chi connectivity index (χ1) is 13.2. The van der Waals surface area contributed by atoms with Crippen molar-refractivity contribution in [2.75, 3.05) is 38.2 Å². The van der Waals surface area contributed by atoms with Crippen molar-refractivity contribution in [3.63, 3.8) is 0 Å². The van der Waals surface area contributed by atoms with Crippen LogP contribution in [0.2, 0.25) is 0 Å². The summed E-state index contributed by atoms with van der Waals surface area (Å²) >= 11 is 1.56. The number of ether oxygens (including phenoxy) is 1. The van der Waals surface area contributed by atoms with Crippen LogP contribution in [0.5, 0.6) is 5.75 Å². The topological polar surface area (TPSA) is 45.7 Å². The third-order valence-corrected chi connectivity index (χ3v) is 5.92. The Balaban J connectivity index is 1.72. The summed E-state index contributed by atoms with van der Waals surface area (Å²) in [7, 11) is 1.66. The van der Waals surface area contributed by atoms with E-state index in [1.807, 2.05) is 34.5 Å². The standard InChI is InChI=1S/C21H29N3O2S/c1-4-23(5-2)13-6-14-24(20(25)17-7-8-17)21-22-19(15-27-21)16-9-11-18(26-3)12-10-16/h9-12,15,17H,4-8,13-14H2,1-3H3. The maximum absolute atomic E-state index is 12.8. The zero-order valence-corrected chi connectivity index (χ0v) is 17.3. The molecule has 1 fully saturated rings. The first kappa shape index (κ1) is 19.8. The van der Waals surface area contributed by atoms with Crippen LogP contribution in [0.1, 0.15) is 33.1 Å². The van der Waals surface area contributed by atoms with Crippen molar-refractivity contribution in [2.24, 2.45) is 5.92 Å². The number of hydrogen-bond acceptors (Lipinski definition) is 5. The molecule has 1 aromatic heterocycles. The van der Waals surface area contributed by atoms with Crippen LogP contribution >= 0.6 is 11.3 Å². The molecule has 0 saturated heterocycles. The largest absolute Gasteiger partial charge is 0.497 e. The van der Waals surface area contributed by atoms with E-state index in [1.165, 1.54) is 0 Å². The van der Waals surface area contributed by atoms with Gasteiger partial charge in [-0.25, -0.2) is 4.98 Å². The Morgan fingerprint density at radius 2 is 1.89 bits per heavy atom. The Hall–Kier alpha value is -1.92. The van der Waals surface area contributed by atoms with Crippen LogP contribution in [0, 0.1) is 5.92 Å². The van der Waals surface area contributed by atoms with Crippen LogP contribution in [0.4, 0.5) is 5.13 Å². The maximum Gasteiger partial charge on any atom is 0.231 e. The summed E-state index contributed by atoms with van der Waals surface area (Å²) in [5, 5.41) is 2.85. The van der Waals surface area contributed by atoms with Crippen LogP contribution in [-0.2, 0) is 4.79 Å². The van der Waals surface area contributed by atoms with E-state index >= 15 is 0 Å². The number of benzene rings is 1. The normalized spacial score (nSPS) is 13.8. The zero-order chi connectivity index (χ0) is 19.2. The van der Waals surface area contributed by atoms with Crippen molar-refractivity contribution in [2.45, 2.75) is 33.1 Å². The van der Waals surface area contributed by atoms with Gasteiger partial charge in [0.25, 0.3) is 0 Å². The van der Waals surface area contributed by atoms with Gasteiger partial charge >= 0.3 is 0 Å². The Kier molecular flexibility index (Phi) is 6.85. The molecule has 3 rings (SSSR count). The third-order valence-electron chi connectivity index (χ3n) is 5.05. The van der Waals surface area contributed by atoms with Crippen LogP contribution < -0.4 is 9.64 Å². The highest BCUT2D eigenvalue weighted by Crippen LogP contribution is 2.35. The zero-order valence-electron chi connectivity index (χ0n) is 16.5. The molecule has 1 aromatic carbocycles. The van der Waals surface area contributed by atoms with Gasteiger partial charge in [0.1, 0.15) is 5.75 Å². The summed E-state index contributed by atoms with van der Waals surface area (Å²) in [5.41, 5.74) is 1.95.